The normalized spacial score (nSPS) is 22.3. The van der Waals surface area contributed by atoms with E-state index in [2.05, 4.69) is 25.9 Å². The number of guanidine groups is 1. The molecule has 45 heavy (non-hydrogen) atoms. The van der Waals surface area contributed by atoms with Gasteiger partial charge in [-0.25, -0.2) is 0 Å². The van der Waals surface area contributed by atoms with Crippen LogP contribution in [0, 0.1) is 11.8 Å². The number of para-hydroxylation sites is 1. The Morgan fingerprint density at radius 1 is 1.07 bits per heavy atom. The zero-order valence-corrected chi connectivity index (χ0v) is 25.7. The summed E-state index contributed by atoms with van der Waals surface area (Å²) in [6.45, 7) is 3.11. The second-order valence-corrected chi connectivity index (χ2v) is 11.5. The third kappa shape index (κ3) is 9.52. The third-order valence-corrected chi connectivity index (χ3v) is 7.71. The van der Waals surface area contributed by atoms with E-state index >= 15 is 0 Å². The highest BCUT2D eigenvalue weighted by Crippen LogP contribution is 2.25. The SMILES string of the molecule is CC(C)[C@H]1C(=O)N[C@@H](CCCN=C(N)N)C(=O)NCC(=O)N[C@@H](CC(=O)O)C(=O)C[C@H](Cc2c[nH]c3ccccc23)C(=O)N1C. The maximum Gasteiger partial charge on any atom is 0.305 e. The molecular formula is C30H42N8O7. The lowest BCUT2D eigenvalue weighted by atomic mass is 9.89. The highest BCUT2D eigenvalue weighted by atomic mass is 16.4. The largest absolute Gasteiger partial charge is 0.481 e. The maximum absolute atomic E-state index is 14.1. The number of hydrogen-bond donors (Lipinski definition) is 7. The molecule has 15 heteroatoms. The molecule has 2 heterocycles. The minimum Gasteiger partial charge on any atom is -0.481 e. The number of rotatable bonds is 9. The van der Waals surface area contributed by atoms with Crippen molar-refractivity contribution in [2.45, 2.75) is 64.1 Å². The molecule has 0 spiro atoms. The van der Waals surface area contributed by atoms with Gasteiger partial charge in [-0.2, -0.15) is 0 Å². The van der Waals surface area contributed by atoms with E-state index in [0.717, 1.165) is 16.5 Å². The molecule has 15 nitrogen and oxygen atoms in total. The summed E-state index contributed by atoms with van der Waals surface area (Å²) in [5, 5.41) is 17.9. The van der Waals surface area contributed by atoms with Crippen LogP contribution >= 0.6 is 0 Å². The van der Waals surface area contributed by atoms with Crippen molar-refractivity contribution in [2.75, 3.05) is 20.1 Å². The van der Waals surface area contributed by atoms with Gasteiger partial charge in [0.1, 0.15) is 12.1 Å². The van der Waals surface area contributed by atoms with Gasteiger partial charge in [-0.1, -0.05) is 32.0 Å². The number of ketones is 1. The van der Waals surface area contributed by atoms with E-state index in [1.165, 1.54) is 11.9 Å². The first-order valence-electron chi connectivity index (χ1n) is 14.8. The number of Topliss-reactive ketones (excluding diaryl/α,β-unsaturated/α-hetero) is 1. The zero-order valence-electron chi connectivity index (χ0n) is 25.7. The Morgan fingerprint density at radius 3 is 2.44 bits per heavy atom. The summed E-state index contributed by atoms with van der Waals surface area (Å²) in [5.74, 6) is -6.13. The first-order valence-corrected chi connectivity index (χ1v) is 14.8. The highest BCUT2D eigenvalue weighted by molar-refractivity contribution is 5.98. The van der Waals surface area contributed by atoms with E-state index in [1.54, 1.807) is 20.0 Å². The van der Waals surface area contributed by atoms with Crippen LogP contribution < -0.4 is 27.4 Å². The van der Waals surface area contributed by atoms with Crippen LogP contribution in [0.15, 0.2) is 35.5 Å². The van der Waals surface area contributed by atoms with Crippen molar-refractivity contribution in [3.8, 4) is 0 Å². The molecular weight excluding hydrogens is 584 g/mol. The van der Waals surface area contributed by atoms with Gasteiger partial charge in [-0.15, -0.1) is 0 Å². The zero-order chi connectivity index (χ0) is 33.3. The molecule has 0 aliphatic carbocycles. The van der Waals surface area contributed by atoms with E-state index in [4.69, 9.17) is 11.5 Å². The fourth-order valence-corrected chi connectivity index (χ4v) is 5.53. The predicted octanol–water partition coefficient (Wildman–Crippen LogP) is -0.603. The highest BCUT2D eigenvalue weighted by Gasteiger charge is 2.37. The summed E-state index contributed by atoms with van der Waals surface area (Å²) >= 11 is 0. The number of amides is 4. The molecule has 0 radical (unpaired) electrons. The van der Waals surface area contributed by atoms with Crippen molar-refractivity contribution in [1.82, 2.24) is 25.8 Å². The molecule has 4 atom stereocenters. The van der Waals surface area contributed by atoms with E-state index in [9.17, 15) is 33.9 Å². The minimum atomic E-state index is -1.45. The Bertz CT molecular complexity index is 1450. The number of aromatic amines is 1. The van der Waals surface area contributed by atoms with Crippen LogP contribution in [0.25, 0.3) is 10.9 Å². The molecule has 1 saturated heterocycles. The van der Waals surface area contributed by atoms with Gasteiger partial charge in [-0.3, -0.25) is 33.8 Å². The summed E-state index contributed by atoms with van der Waals surface area (Å²) in [7, 11) is 1.46. The monoisotopic (exact) mass is 626 g/mol. The van der Waals surface area contributed by atoms with Crippen LogP contribution in [0.2, 0.25) is 0 Å². The van der Waals surface area contributed by atoms with Crippen molar-refractivity contribution in [3.63, 3.8) is 0 Å². The minimum absolute atomic E-state index is 0.104. The van der Waals surface area contributed by atoms with Crippen molar-refractivity contribution < 1.29 is 33.9 Å². The van der Waals surface area contributed by atoms with Gasteiger partial charge >= 0.3 is 5.97 Å². The number of carbonyl (C=O) groups excluding carboxylic acids is 5. The molecule has 0 unspecified atom stereocenters. The summed E-state index contributed by atoms with van der Waals surface area (Å²) in [5.41, 5.74) is 12.3. The predicted molar refractivity (Wildman–Crippen MR) is 166 cm³/mol. The molecule has 244 valence electrons. The van der Waals surface area contributed by atoms with Crippen molar-refractivity contribution >= 4 is 52.2 Å². The van der Waals surface area contributed by atoms with Crippen molar-refractivity contribution in [1.29, 1.82) is 0 Å². The van der Waals surface area contributed by atoms with Crippen LogP contribution in [-0.4, -0.2) is 94.6 Å². The number of fused-ring (bicyclic) bond motifs is 1. The van der Waals surface area contributed by atoms with Crippen LogP contribution in [0.1, 0.15) is 45.1 Å². The van der Waals surface area contributed by atoms with E-state index in [0.29, 0.717) is 6.42 Å². The van der Waals surface area contributed by atoms with Crippen molar-refractivity contribution in [3.05, 3.63) is 36.0 Å². The molecule has 1 aromatic heterocycles. The van der Waals surface area contributed by atoms with Gasteiger partial charge in [0.05, 0.1) is 19.0 Å². The third-order valence-electron chi connectivity index (χ3n) is 7.71. The number of nitrogens with one attached hydrogen (secondary N) is 4. The number of aromatic nitrogens is 1. The van der Waals surface area contributed by atoms with Gasteiger partial charge in [0.15, 0.2) is 11.7 Å². The lowest BCUT2D eigenvalue weighted by molar-refractivity contribution is -0.145. The van der Waals surface area contributed by atoms with Crippen molar-refractivity contribution in [2.24, 2.45) is 28.3 Å². The topological polar surface area (TPSA) is 242 Å². The molecule has 4 amide bonds. The van der Waals surface area contributed by atoms with Gasteiger partial charge < -0.3 is 42.4 Å². The standard InChI is InChI=1S/C30H42N8O7/c1-16(2)26-28(44)37-21(9-6-10-33-30(31)32)27(43)35-15-24(40)36-22(13-25(41)42)23(39)12-17(29(45)38(26)3)11-18-14-34-20-8-5-4-7-19(18)20/h4-5,7-8,14,16-17,21-22,26,34H,6,9-13,15H2,1-3H3,(H,35,43)(H,36,40)(H,37,44)(H,41,42)(H4,31,32,33)/t17-,21-,22-,26-/m0/s1. The summed E-state index contributed by atoms with van der Waals surface area (Å²) in [6, 6.07) is 3.87. The Hall–Kier alpha value is -4.95. The number of carboxylic acids is 1. The lowest BCUT2D eigenvalue weighted by Crippen LogP contribution is -2.57. The Kier molecular flexibility index (Phi) is 12.0. The molecule has 0 saturated carbocycles. The molecule has 1 aliphatic heterocycles. The molecule has 2 aromatic rings. The smallest absolute Gasteiger partial charge is 0.305 e. The molecule has 1 fully saturated rings. The second-order valence-electron chi connectivity index (χ2n) is 11.5. The molecule has 3 rings (SSSR count). The average Bonchev–Trinajstić information content (AvgIpc) is 3.38. The molecule has 9 N–H and O–H groups in total. The summed E-state index contributed by atoms with van der Waals surface area (Å²) in [4.78, 5) is 87.2. The molecule has 1 aromatic carbocycles. The number of nitrogens with two attached hydrogens (primary N) is 2. The molecule has 0 bridgehead atoms. The van der Waals surface area contributed by atoms with Gasteiger partial charge in [0, 0.05) is 43.0 Å². The van der Waals surface area contributed by atoms with Crippen LogP contribution in [-0.2, 0) is 35.2 Å². The maximum atomic E-state index is 14.1. The van der Waals surface area contributed by atoms with E-state index in [1.807, 2.05) is 24.3 Å². The first-order chi connectivity index (χ1) is 21.3. The Balaban J connectivity index is 2.02. The van der Waals surface area contributed by atoms with Crippen LogP contribution in [0.5, 0.6) is 0 Å². The number of benzene rings is 1. The second kappa shape index (κ2) is 15.7. The van der Waals surface area contributed by atoms with E-state index in [-0.39, 0.29) is 25.3 Å². The van der Waals surface area contributed by atoms with E-state index < -0.39 is 84.7 Å². The van der Waals surface area contributed by atoms with Crippen LogP contribution in [0.4, 0.5) is 0 Å². The summed E-state index contributed by atoms with van der Waals surface area (Å²) < 4.78 is 0. The summed E-state index contributed by atoms with van der Waals surface area (Å²) in [6.07, 6.45) is 1.16. The quantitative estimate of drug-likeness (QED) is 0.107. The van der Waals surface area contributed by atoms with Gasteiger partial charge in [0.25, 0.3) is 0 Å². The number of carboxylic acid groups (broad SMARTS) is 1. The number of nitrogens with zero attached hydrogens (tertiary/aromatic N) is 2. The number of aliphatic carboxylic acids is 1. The molecule has 1 aliphatic rings. The number of aliphatic imine (C=N–C) groups is 1. The number of hydrogen-bond acceptors (Lipinski definition) is 7. The average molecular weight is 627 g/mol. The number of H-pyrrole nitrogens is 1. The number of carbonyl (C=O) groups is 6. The first kappa shape index (κ1) is 34.5. The Morgan fingerprint density at radius 2 is 1.78 bits per heavy atom. The Labute approximate surface area is 260 Å². The van der Waals surface area contributed by atoms with Gasteiger partial charge in [-0.05, 0) is 36.8 Å². The fourth-order valence-electron chi connectivity index (χ4n) is 5.53. The van der Waals surface area contributed by atoms with Crippen LogP contribution in [0.3, 0.4) is 0 Å². The fraction of sp³-hybridized carbons (Fsp3) is 0.500. The van der Waals surface area contributed by atoms with Gasteiger partial charge in [0.2, 0.25) is 23.6 Å². The number of likely N-dealkylation sites (N-methyl/N-ethyl adjacent to an activating group) is 1. The lowest BCUT2D eigenvalue weighted by Gasteiger charge is -2.34.